The molecule has 1 aromatic carbocycles. The van der Waals surface area contributed by atoms with E-state index in [2.05, 4.69) is 12.1 Å². The third kappa shape index (κ3) is 8.12. The van der Waals surface area contributed by atoms with Crippen molar-refractivity contribution in [3.8, 4) is 0 Å². The van der Waals surface area contributed by atoms with E-state index in [4.69, 9.17) is 5.21 Å². The first kappa shape index (κ1) is 20.9. The number of hydrogen-bond acceptors (Lipinski definition) is 3. The van der Waals surface area contributed by atoms with E-state index in [9.17, 15) is 9.46 Å². The zero-order valence-corrected chi connectivity index (χ0v) is 15.7. The van der Waals surface area contributed by atoms with Crippen LogP contribution in [0, 0.1) is 0 Å². The molecular weight excluding hydrogens is 321 g/mol. The first-order valence-corrected chi connectivity index (χ1v) is 11.1. The minimum atomic E-state index is -3.32. The highest BCUT2D eigenvalue weighted by molar-refractivity contribution is 7.58. The fraction of sp³-hybridized carbons (Fsp3) is 0.632. The van der Waals surface area contributed by atoms with Crippen molar-refractivity contribution in [3.63, 3.8) is 0 Å². The first-order chi connectivity index (χ1) is 11.6. The molecule has 0 spiro atoms. The molecule has 0 aromatic heterocycles. The van der Waals surface area contributed by atoms with Gasteiger partial charge in [0.15, 0.2) is 0 Å². The Morgan fingerprint density at radius 3 is 2.21 bits per heavy atom. The van der Waals surface area contributed by atoms with Crippen LogP contribution in [0.3, 0.4) is 0 Å². The molecule has 0 heterocycles. The van der Waals surface area contributed by atoms with Gasteiger partial charge in [0, 0.05) is 18.8 Å². The van der Waals surface area contributed by atoms with Crippen molar-refractivity contribution >= 4 is 13.6 Å². The van der Waals surface area contributed by atoms with E-state index in [-0.39, 0.29) is 6.42 Å². The lowest BCUT2D eigenvalue weighted by molar-refractivity contribution is 0.320. The Morgan fingerprint density at radius 1 is 1.04 bits per heavy atom. The Hall–Kier alpha value is -1.12. The second-order valence-electron chi connectivity index (χ2n) is 6.41. The lowest BCUT2D eigenvalue weighted by Crippen LogP contribution is -2.04. The van der Waals surface area contributed by atoms with Crippen molar-refractivity contribution in [2.45, 2.75) is 70.4 Å². The molecule has 5 heteroatoms. The fourth-order valence-electron chi connectivity index (χ4n) is 2.98. The quantitative estimate of drug-likeness (QED) is 0.150. The molecule has 0 bridgehead atoms. The summed E-state index contributed by atoms with van der Waals surface area (Å²) < 4.78 is 12.8. The molecule has 2 unspecified atom stereocenters. The summed E-state index contributed by atoms with van der Waals surface area (Å²) in [5, 5.41) is 11.7. The maximum absolute atomic E-state index is 12.8. The molecule has 4 nitrogen and oxygen atoms in total. The predicted octanol–water partition coefficient (Wildman–Crippen LogP) is 5.99. The highest BCUT2D eigenvalue weighted by Gasteiger charge is 2.30. The Labute approximate surface area is 146 Å². The van der Waals surface area contributed by atoms with Crippen LogP contribution >= 0.6 is 7.37 Å². The van der Waals surface area contributed by atoms with E-state index >= 15 is 0 Å². The number of benzene rings is 1. The number of hydrogen-bond donors (Lipinski definition) is 2. The molecule has 0 saturated carbocycles. The third-order valence-corrected chi connectivity index (χ3v) is 6.85. The zero-order chi connectivity index (χ0) is 17.7. The topological polar surface area (TPSA) is 69.9 Å². The number of oxime groups is 1. The SMILES string of the molecule is CCCCCCCCCCP(=O)(O)C(CC=NO)c1ccccc1. The van der Waals surface area contributed by atoms with Crippen LogP contribution in [0.25, 0.3) is 0 Å². The van der Waals surface area contributed by atoms with Crippen molar-refractivity contribution in [3.05, 3.63) is 35.9 Å². The Bertz CT molecular complexity index is 505. The molecule has 1 rings (SSSR count). The van der Waals surface area contributed by atoms with E-state index in [0.29, 0.717) is 6.16 Å². The van der Waals surface area contributed by atoms with Gasteiger partial charge < -0.3 is 10.1 Å². The summed E-state index contributed by atoms with van der Waals surface area (Å²) in [5.74, 6) is 0. The van der Waals surface area contributed by atoms with Crippen LogP contribution in [-0.4, -0.2) is 22.5 Å². The zero-order valence-electron chi connectivity index (χ0n) is 14.8. The van der Waals surface area contributed by atoms with Gasteiger partial charge in [0.05, 0.1) is 5.66 Å². The van der Waals surface area contributed by atoms with Crippen LogP contribution in [0.5, 0.6) is 0 Å². The van der Waals surface area contributed by atoms with Gasteiger partial charge in [-0.3, -0.25) is 4.57 Å². The van der Waals surface area contributed by atoms with Gasteiger partial charge in [-0.15, -0.1) is 5.16 Å². The van der Waals surface area contributed by atoms with Gasteiger partial charge in [-0.25, -0.2) is 0 Å². The Kier molecular flexibility index (Phi) is 10.7. The molecule has 136 valence electrons. The molecule has 0 saturated heterocycles. The van der Waals surface area contributed by atoms with Gasteiger partial charge in [-0.2, -0.15) is 0 Å². The van der Waals surface area contributed by atoms with Crippen LogP contribution in [0.4, 0.5) is 0 Å². The molecule has 0 radical (unpaired) electrons. The Balaban J connectivity index is 2.46. The van der Waals surface area contributed by atoms with Crippen molar-refractivity contribution in [2.24, 2.45) is 5.16 Å². The predicted molar refractivity (Wildman–Crippen MR) is 101 cm³/mol. The van der Waals surface area contributed by atoms with Crippen molar-refractivity contribution < 1.29 is 14.7 Å². The van der Waals surface area contributed by atoms with E-state index in [0.717, 1.165) is 24.8 Å². The summed E-state index contributed by atoms with van der Waals surface area (Å²) in [6, 6.07) is 9.37. The molecule has 0 amide bonds. The molecule has 2 atom stereocenters. The summed E-state index contributed by atoms with van der Waals surface area (Å²) in [5.41, 5.74) is 0.349. The fourth-order valence-corrected chi connectivity index (χ4v) is 5.03. The molecule has 0 aliphatic rings. The second-order valence-corrected chi connectivity index (χ2v) is 9.00. The maximum Gasteiger partial charge on any atom is 0.208 e. The highest BCUT2D eigenvalue weighted by atomic mass is 31.2. The largest absolute Gasteiger partial charge is 0.411 e. The molecule has 1 aromatic rings. The standard InChI is InChI=1S/C19H32NO3P/c1-2-3-4-5-6-7-8-12-17-24(22,23)19(15-16-20-21)18-13-10-9-11-14-18/h9-11,13-14,16,19,21H,2-8,12,15,17H2,1H3,(H,22,23). The molecule has 24 heavy (non-hydrogen) atoms. The van der Waals surface area contributed by atoms with Crippen molar-refractivity contribution in [1.82, 2.24) is 0 Å². The van der Waals surface area contributed by atoms with Gasteiger partial charge in [0.2, 0.25) is 7.37 Å². The summed E-state index contributed by atoms with van der Waals surface area (Å²) in [6.07, 6.45) is 11.2. The minimum Gasteiger partial charge on any atom is -0.411 e. The number of unbranched alkanes of at least 4 members (excludes halogenated alkanes) is 7. The summed E-state index contributed by atoms with van der Waals surface area (Å²) in [7, 11) is -3.32. The maximum atomic E-state index is 12.8. The van der Waals surface area contributed by atoms with Crippen LogP contribution in [-0.2, 0) is 4.57 Å². The molecule has 2 N–H and O–H groups in total. The van der Waals surface area contributed by atoms with E-state index < -0.39 is 13.0 Å². The monoisotopic (exact) mass is 353 g/mol. The summed E-state index contributed by atoms with van der Waals surface area (Å²) >= 11 is 0. The van der Waals surface area contributed by atoms with Crippen LogP contribution in [0.1, 0.15) is 75.9 Å². The number of nitrogens with zero attached hydrogens (tertiary/aromatic N) is 1. The van der Waals surface area contributed by atoms with Crippen LogP contribution in [0.15, 0.2) is 35.5 Å². The van der Waals surface area contributed by atoms with E-state index in [1.54, 1.807) is 0 Å². The van der Waals surface area contributed by atoms with Crippen LogP contribution in [0.2, 0.25) is 0 Å². The second kappa shape index (κ2) is 12.3. The van der Waals surface area contributed by atoms with Crippen molar-refractivity contribution in [2.75, 3.05) is 6.16 Å². The molecular formula is C19H32NO3P. The van der Waals surface area contributed by atoms with Gasteiger partial charge in [0.25, 0.3) is 0 Å². The van der Waals surface area contributed by atoms with Gasteiger partial charge in [0.1, 0.15) is 0 Å². The molecule has 0 fully saturated rings. The average Bonchev–Trinajstić information content (AvgIpc) is 2.58. The van der Waals surface area contributed by atoms with Gasteiger partial charge in [-0.05, 0) is 12.0 Å². The normalized spacial score (nSPS) is 15.4. The highest BCUT2D eigenvalue weighted by Crippen LogP contribution is 2.57. The van der Waals surface area contributed by atoms with E-state index in [1.165, 1.54) is 38.3 Å². The smallest absolute Gasteiger partial charge is 0.208 e. The molecule has 0 aliphatic heterocycles. The van der Waals surface area contributed by atoms with Gasteiger partial charge >= 0.3 is 0 Å². The lowest BCUT2D eigenvalue weighted by Gasteiger charge is -2.22. The first-order valence-electron chi connectivity index (χ1n) is 9.14. The molecule has 0 aliphatic carbocycles. The van der Waals surface area contributed by atoms with Crippen molar-refractivity contribution in [1.29, 1.82) is 0 Å². The number of rotatable bonds is 13. The third-order valence-electron chi connectivity index (χ3n) is 4.41. The van der Waals surface area contributed by atoms with E-state index in [1.807, 2.05) is 30.3 Å². The lowest BCUT2D eigenvalue weighted by atomic mass is 10.1. The van der Waals surface area contributed by atoms with Crippen LogP contribution < -0.4 is 0 Å². The summed E-state index contributed by atoms with van der Waals surface area (Å²) in [6.45, 7) is 2.21. The average molecular weight is 353 g/mol. The summed E-state index contributed by atoms with van der Waals surface area (Å²) in [4.78, 5) is 10.5. The minimum absolute atomic E-state index is 0.283. The van der Waals surface area contributed by atoms with Gasteiger partial charge in [-0.1, -0.05) is 82.2 Å². The Morgan fingerprint density at radius 2 is 1.62 bits per heavy atom.